The van der Waals surface area contributed by atoms with Crippen LogP contribution in [0.2, 0.25) is 0 Å². The standard InChI is InChI=1S/C58H52N2O/c1-39-22-35-56-52(36-44-18-10-13-21-57(44)61-39)51-19-11-12-20-55(51)60(56)47-30-28-46(29-31-47)59(45-26-23-42(24-27-45)40-14-6-4-7-15-40)48-32-34-50-49-33-25-43(41-16-8-5-9-17-41)37-53(49)58(2,3)54(50)38-48/h5-6,8-11,13-19,21-24,26-32,34-35,37,54H,1,4,7,12,20,25,33,36,38H2,2-3H3/b35-22-. The smallest absolute Gasteiger partial charge is 0.130 e. The number of ether oxygens (including phenoxy) is 1. The van der Waals surface area contributed by atoms with Gasteiger partial charge in [-0.15, -0.1) is 0 Å². The van der Waals surface area contributed by atoms with Crippen molar-refractivity contribution in [3.63, 3.8) is 0 Å². The molecule has 0 spiro atoms. The predicted octanol–water partition coefficient (Wildman–Crippen LogP) is 14.9. The number of anilines is 2. The van der Waals surface area contributed by atoms with Crippen molar-refractivity contribution in [2.75, 3.05) is 4.90 Å². The lowest BCUT2D eigenvalue weighted by Crippen LogP contribution is -2.28. The van der Waals surface area contributed by atoms with Crippen molar-refractivity contribution >= 4 is 34.7 Å². The molecule has 6 aliphatic rings. The zero-order chi connectivity index (χ0) is 41.1. The summed E-state index contributed by atoms with van der Waals surface area (Å²) >= 11 is 0. The molecule has 4 aromatic carbocycles. The maximum atomic E-state index is 6.24. The summed E-state index contributed by atoms with van der Waals surface area (Å²) in [5.41, 5.74) is 21.3. The summed E-state index contributed by atoms with van der Waals surface area (Å²) in [6.07, 6.45) is 31.4. The third-order valence-electron chi connectivity index (χ3n) is 14.0. The Morgan fingerprint density at radius 3 is 2.30 bits per heavy atom. The average molecular weight is 793 g/mol. The molecule has 11 rings (SSSR count). The molecule has 5 aliphatic carbocycles. The van der Waals surface area contributed by atoms with Crippen LogP contribution < -0.4 is 9.64 Å². The number of para-hydroxylation sites is 1. The molecule has 1 aliphatic heterocycles. The monoisotopic (exact) mass is 792 g/mol. The Bertz CT molecular complexity index is 2840. The van der Waals surface area contributed by atoms with Gasteiger partial charge in [0, 0.05) is 34.9 Å². The Morgan fingerprint density at radius 2 is 1.49 bits per heavy atom. The number of benzene rings is 4. The molecule has 3 heteroatoms. The van der Waals surface area contributed by atoms with E-state index in [0.29, 0.717) is 11.7 Å². The first-order chi connectivity index (χ1) is 29.9. The van der Waals surface area contributed by atoms with E-state index in [-0.39, 0.29) is 5.41 Å². The molecule has 0 amide bonds. The molecule has 0 radical (unpaired) electrons. The summed E-state index contributed by atoms with van der Waals surface area (Å²) in [6.45, 7) is 9.22. The first-order valence-corrected chi connectivity index (χ1v) is 22.2. The van der Waals surface area contributed by atoms with Gasteiger partial charge in [-0.1, -0.05) is 124 Å². The van der Waals surface area contributed by atoms with Crippen molar-refractivity contribution in [3.05, 3.63) is 226 Å². The normalized spacial score (nSPS) is 20.2. The third kappa shape index (κ3) is 6.59. The second-order valence-corrected chi connectivity index (χ2v) is 17.9. The molecule has 1 unspecified atom stereocenters. The van der Waals surface area contributed by atoms with Crippen LogP contribution >= 0.6 is 0 Å². The van der Waals surface area contributed by atoms with Crippen molar-refractivity contribution < 1.29 is 4.74 Å². The van der Waals surface area contributed by atoms with E-state index in [1.54, 1.807) is 5.57 Å². The Kier molecular flexibility index (Phi) is 9.30. The fourth-order valence-corrected chi connectivity index (χ4v) is 10.9. The fourth-order valence-electron chi connectivity index (χ4n) is 10.9. The summed E-state index contributed by atoms with van der Waals surface area (Å²) in [7, 11) is 0. The molecule has 0 saturated heterocycles. The molecule has 1 atom stereocenters. The molecular weight excluding hydrogens is 741 g/mol. The highest BCUT2D eigenvalue weighted by molar-refractivity contribution is 5.79. The van der Waals surface area contributed by atoms with Crippen LogP contribution in [0.1, 0.15) is 91.6 Å². The second-order valence-electron chi connectivity index (χ2n) is 17.9. The molecular formula is C58H52N2O. The van der Waals surface area contributed by atoms with Crippen molar-refractivity contribution in [2.24, 2.45) is 11.3 Å². The Morgan fingerprint density at radius 1 is 0.721 bits per heavy atom. The summed E-state index contributed by atoms with van der Waals surface area (Å²) < 4.78 is 8.73. The molecule has 0 fully saturated rings. The lowest BCUT2D eigenvalue weighted by molar-refractivity contribution is 0.330. The number of rotatable bonds is 6. The molecule has 1 aromatic heterocycles. The predicted molar refractivity (Wildman–Crippen MR) is 255 cm³/mol. The minimum atomic E-state index is 0.0161. The molecule has 300 valence electrons. The van der Waals surface area contributed by atoms with Crippen LogP contribution in [-0.4, -0.2) is 4.57 Å². The zero-order valence-corrected chi connectivity index (χ0v) is 35.3. The van der Waals surface area contributed by atoms with E-state index in [2.05, 4.69) is 182 Å². The van der Waals surface area contributed by atoms with Gasteiger partial charge in [0.05, 0.1) is 5.69 Å². The van der Waals surface area contributed by atoms with Crippen molar-refractivity contribution in [1.82, 2.24) is 4.57 Å². The molecule has 0 N–H and O–H groups in total. The Balaban J connectivity index is 0.992. The summed E-state index contributed by atoms with van der Waals surface area (Å²) in [4.78, 5) is 2.52. The lowest BCUT2D eigenvalue weighted by Gasteiger charge is -2.37. The number of nitrogens with zero attached hydrogens (tertiary/aromatic N) is 2. The van der Waals surface area contributed by atoms with E-state index < -0.39 is 0 Å². The molecule has 61 heavy (non-hydrogen) atoms. The fraction of sp³-hybridized carbons (Fsp3) is 0.207. The van der Waals surface area contributed by atoms with Gasteiger partial charge in [0.15, 0.2) is 0 Å². The topological polar surface area (TPSA) is 17.4 Å². The molecule has 0 saturated carbocycles. The number of allylic oxidation sites excluding steroid dienone is 14. The zero-order valence-electron chi connectivity index (χ0n) is 35.3. The van der Waals surface area contributed by atoms with Crippen molar-refractivity contribution in [2.45, 2.75) is 65.2 Å². The summed E-state index contributed by atoms with van der Waals surface area (Å²) in [5.74, 6) is 1.92. The van der Waals surface area contributed by atoms with Crippen LogP contribution in [-0.2, 0) is 12.8 Å². The summed E-state index contributed by atoms with van der Waals surface area (Å²) in [5, 5.41) is 0. The first kappa shape index (κ1) is 37.4. The molecule has 2 heterocycles. The SMILES string of the molecule is C=C1/C=C\c2c(c3c(n2-c2ccc(N(C4=CC=C5C6=C(C=C(c7ccccc7)CC6)C(C)(C)C5C4)c4ccc(C5=CCCC=C5)cc4)cc2)CCC=C3)Cc2ccccc2O1. The Labute approximate surface area is 361 Å². The van der Waals surface area contributed by atoms with Crippen LogP contribution in [0.15, 0.2) is 186 Å². The molecule has 5 aromatic rings. The lowest BCUT2D eigenvalue weighted by atomic mass is 9.72. The number of aromatic nitrogens is 1. The Hall–Kier alpha value is -6.58. The van der Waals surface area contributed by atoms with Crippen LogP contribution in [0.3, 0.4) is 0 Å². The highest BCUT2D eigenvalue weighted by Crippen LogP contribution is 2.58. The average Bonchev–Trinajstić information content (AvgIpc) is 3.76. The van der Waals surface area contributed by atoms with Gasteiger partial charge < -0.3 is 14.2 Å². The third-order valence-corrected chi connectivity index (χ3v) is 14.0. The minimum Gasteiger partial charge on any atom is -0.458 e. The number of hydrogen-bond donors (Lipinski definition) is 0. The molecule has 0 bridgehead atoms. The van der Waals surface area contributed by atoms with Gasteiger partial charge in [-0.3, -0.25) is 0 Å². The van der Waals surface area contributed by atoms with E-state index in [1.165, 1.54) is 84.3 Å². The quantitative estimate of drug-likeness (QED) is 0.170. The maximum absolute atomic E-state index is 6.24. The number of fused-ring (bicyclic) bond motifs is 6. The largest absolute Gasteiger partial charge is 0.458 e. The number of hydrogen-bond acceptors (Lipinski definition) is 2. The van der Waals surface area contributed by atoms with Gasteiger partial charge >= 0.3 is 0 Å². The van der Waals surface area contributed by atoms with E-state index in [1.807, 2.05) is 12.1 Å². The van der Waals surface area contributed by atoms with E-state index >= 15 is 0 Å². The van der Waals surface area contributed by atoms with Gasteiger partial charge in [-0.2, -0.15) is 0 Å². The minimum absolute atomic E-state index is 0.0161. The van der Waals surface area contributed by atoms with E-state index in [0.717, 1.165) is 57.1 Å². The van der Waals surface area contributed by atoms with E-state index in [4.69, 9.17) is 4.74 Å². The van der Waals surface area contributed by atoms with Crippen LogP contribution in [0.5, 0.6) is 5.75 Å². The van der Waals surface area contributed by atoms with Crippen molar-refractivity contribution in [3.8, 4) is 11.4 Å². The maximum Gasteiger partial charge on any atom is 0.130 e. The van der Waals surface area contributed by atoms with Gasteiger partial charge in [-0.05, 0) is 173 Å². The van der Waals surface area contributed by atoms with E-state index in [9.17, 15) is 0 Å². The van der Waals surface area contributed by atoms with Gasteiger partial charge in [0.2, 0.25) is 0 Å². The summed E-state index contributed by atoms with van der Waals surface area (Å²) in [6, 6.07) is 37.9. The van der Waals surface area contributed by atoms with Crippen LogP contribution in [0, 0.1) is 11.3 Å². The van der Waals surface area contributed by atoms with Gasteiger partial charge in [0.1, 0.15) is 11.5 Å². The molecule has 3 nitrogen and oxygen atoms in total. The highest BCUT2D eigenvalue weighted by atomic mass is 16.5. The van der Waals surface area contributed by atoms with Gasteiger partial charge in [-0.25, -0.2) is 0 Å². The van der Waals surface area contributed by atoms with Gasteiger partial charge in [0.25, 0.3) is 0 Å². The second kappa shape index (κ2) is 15.2. The van der Waals surface area contributed by atoms with Crippen LogP contribution in [0.25, 0.3) is 29.0 Å². The highest BCUT2D eigenvalue weighted by Gasteiger charge is 2.46. The first-order valence-electron chi connectivity index (χ1n) is 22.2. The van der Waals surface area contributed by atoms with Crippen molar-refractivity contribution in [1.29, 1.82) is 0 Å². The van der Waals surface area contributed by atoms with Crippen LogP contribution in [0.4, 0.5) is 11.4 Å².